The summed E-state index contributed by atoms with van der Waals surface area (Å²) in [5.74, 6) is 0. The lowest BCUT2D eigenvalue weighted by Gasteiger charge is -2.37. The molecule has 0 aromatic carbocycles. The first-order valence-electron chi connectivity index (χ1n) is 20.5. The third-order valence-electron chi connectivity index (χ3n) is 9.18. The third kappa shape index (κ3) is 28.8. The summed E-state index contributed by atoms with van der Waals surface area (Å²) in [6.07, 6.45) is 6.26. The van der Waals surface area contributed by atoms with E-state index in [1.165, 1.54) is 111 Å². The standard InChI is InChI=1S/C9H22N2.C8H19N3.C8H20N2.C7H16N2.C6H14N2/c1-5-7-11(9(2)3)8-6-10-4;1-2-4-11(5-3-9)8-6-10-7-8;1-4-7-10(5-2)8-6-9-3;1-3-4-9(2)7-5-8-6-7;1-2-3-8-6-4-7-5-6/h9-10H,5-8H2,1-4H3;8,10H,2-7,9H2,1H3;9H,4-8H2,1-3H3;7-8H,3-6H2,1-2H3;6-8H,2-5H2,1H3. The van der Waals surface area contributed by atoms with Gasteiger partial charge in [0.1, 0.15) is 0 Å². The molecule has 49 heavy (non-hydrogen) atoms. The number of nitrogens with one attached hydrogen (secondary N) is 6. The van der Waals surface area contributed by atoms with E-state index in [1.54, 1.807) is 0 Å². The second-order valence-electron chi connectivity index (χ2n) is 14.0. The average Bonchev–Trinajstić information content (AvgIpc) is 3.00. The van der Waals surface area contributed by atoms with Crippen LogP contribution in [0.5, 0.6) is 0 Å². The Morgan fingerprint density at radius 2 is 1.14 bits per heavy atom. The van der Waals surface area contributed by atoms with Gasteiger partial charge < -0.3 is 47.4 Å². The molecule has 3 rings (SSSR count). The van der Waals surface area contributed by atoms with Gasteiger partial charge in [0.05, 0.1) is 0 Å². The molecule has 0 bridgehead atoms. The van der Waals surface area contributed by atoms with Gasteiger partial charge in [0, 0.05) is 103 Å². The Kier molecular flexibility index (Phi) is 38.6. The number of nitrogens with two attached hydrogens (primary N) is 1. The highest BCUT2D eigenvalue weighted by atomic mass is 15.2. The molecule has 0 aromatic rings. The molecule has 11 heteroatoms. The van der Waals surface area contributed by atoms with Gasteiger partial charge in [0.2, 0.25) is 0 Å². The Morgan fingerprint density at radius 1 is 0.612 bits per heavy atom. The van der Waals surface area contributed by atoms with Crippen LogP contribution in [0.4, 0.5) is 0 Å². The van der Waals surface area contributed by atoms with Crippen molar-refractivity contribution in [3.05, 3.63) is 0 Å². The van der Waals surface area contributed by atoms with Crippen molar-refractivity contribution >= 4 is 0 Å². The fourth-order valence-electron chi connectivity index (χ4n) is 5.55. The highest BCUT2D eigenvalue weighted by Crippen LogP contribution is 2.04. The molecule has 0 radical (unpaired) electrons. The topological polar surface area (TPSA) is 111 Å². The van der Waals surface area contributed by atoms with E-state index in [-0.39, 0.29) is 0 Å². The van der Waals surface area contributed by atoms with Crippen LogP contribution in [0, 0.1) is 0 Å². The largest absolute Gasteiger partial charge is 0.329 e. The molecule has 3 heterocycles. The van der Waals surface area contributed by atoms with Crippen molar-refractivity contribution in [3.8, 4) is 0 Å². The Morgan fingerprint density at radius 3 is 1.51 bits per heavy atom. The monoisotopic (exact) mass is 702 g/mol. The van der Waals surface area contributed by atoms with E-state index in [0.29, 0.717) is 6.04 Å². The van der Waals surface area contributed by atoms with Crippen molar-refractivity contribution in [2.45, 2.75) is 112 Å². The van der Waals surface area contributed by atoms with Gasteiger partial charge in [-0.25, -0.2) is 0 Å². The summed E-state index contributed by atoms with van der Waals surface area (Å²) in [7, 11) is 6.21. The van der Waals surface area contributed by atoms with E-state index in [2.05, 4.69) is 114 Å². The Bertz CT molecular complexity index is 625. The Hall–Kier alpha value is -0.440. The molecule has 0 spiro atoms. The van der Waals surface area contributed by atoms with Crippen molar-refractivity contribution in [2.75, 3.05) is 139 Å². The van der Waals surface area contributed by atoms with Crippen molar-refractivity contribution in [3.63, 3.8) is 0 Å². The van der Waals surface area contributed by atoms with Gasteiger partial charge in [0.25, 0.3) is 0 Å². The SMILES string of the molecule is CCCN(C)C1CNC1.CCCN(CC)CCNC.CCCN(CCN)C1CNC1.CCCN(CCNC)C(C)C.CCCNC1CNC1. The van der Waals surface area contributed by atoms with E-state index in [1.807, 2.05) is 14.1 Å². The predicted octanol–water partition coefficient (Wildman–Crippen LogP) is 2.15. The number of hydrogen-bond acceptors (Lipinski definition) is 11. The molecule has 3 aliphatic rings. The van der Waals surface area contributed by atoms with Gasteiger partial charge >= 0.3 is 0 Å². The van der Waals surface area contributed by atoms with E-state index in [0.717, 1.165) is 57.4 Å². The first-order valence-corrected chi connectivity index (χ1v) is 20.5. The highest BCUT2D eigenvalue weighted by Gasteiger charge is 2.22. The Balaban J connectivity index is 0. The molecule has 0 aromatic heterocycles. The molecule has 298 valence electrons. The minimum Gasteiger partial charge on any atom is -0.329 e. The smallest absolute Gasteiger partial charge is 0.0345 e. The fourth-order valence-corrected chi connectivity index (χ4v) is 5.55. The fraction of sp³-hybridized carbons (Fsp3) is 1.00. The van der Waals surface area contributed by atoms with Gasteiger partial charge in [0.15, 0.2) is 0 Å². The average molecular weight is 702 g/mol. The number of nitrogens with zero attached hydrogens (tertiary/aromatic N) is 4. The van der Waals surface area contributed by atoms with E-state index in [4.69, 9.17) is 5.73 Å². The van der Waals surface area contributed by atoms with Gasteiger partial charge in [-0.15, -0.1) is 0 Å². The van der Waals surface area contributed by atoms with Crippen LogP contribution >= 0.6 is 0 Å². The molecular weight excluding hydrogens is 610 g/mol. The van der Waals surface area contributed by atoms with Crippen LogP contribution < -0.4 is 37.6 Å². The molecule has 11 nitrogen and oxygen atoms in total. The maximum absolute atomic E-state index is 5.51. The van der Waals surface area contributed by atoms with Crippen LogP contribution in [0.3, 0.4) is 0 Å². The second kappa shape index (κ2) is 37.3. The van der Waals surface area contributed by atoms with Gasteiger partial charge in [-0.3, -0.25) is 9.80 Å². The van der Waals surface area contributed by atoms with Crippen molar-refractivity contribution in [2.24, 2.45) is 5.73 Å². The first kappa shape index (κ1) is 50.7. The molecule has 3 fully saturated rings. The van der Waals surface area contributed by atoms with Crippen LogP contribution in [0.15, 0.2) is 0 Å². The van der Waals surface area contributed by atoms with E-state index < -0.39 is 0 Å². The summed E-state index contributed by atoms with van der Waals surface area (Å²) in [5, 5.41) is 19.5. The maximum atomic E-state index is 5.51. The number of likely N-dealkylation sites (N-methyl/N-ethyl adjacent to an activating group) is 4. The normalized spacial score (nSPS) is 16.1. The first-order chi connectivity index (χ1) is 23.7. The van der Waals surface area contributed by atoms with Crippen molar-refractivity contribution < 1.29 is 0 Å². The summed E-state index contributed by atoms with van der Waals surface area (Å²) >= 11 is 0. The van der Waals surface area contributed by atoms with Crippen LogP contribution in [0.25, 0.3) is 0 Å². The van der Waals surface area contributed by atoms with Crippen LogP contribution in [-0.2, 0) is 0 Å². The van der Waals surface area contributed by atoms with Crippen LogP contribution in [-0.4, -0.2) is 183 Å². The van der Waals surface area contributed by atoms with Crippen LogP contribution in [0.2, 0.25) is 0 Å². The highest BCUT2D eigenvalue weighted by molar-refractivity contribution is 4.84. The van der Waals surface area contributed by atoms with Crippen molar-refractivity contribution in [1.82, 2.24) is 51.5 Å². The van der Waals surface area contributed by atoms with Crippen LogP contribution in [0.1, 0.15) is 87.5 Å². The Labute approximate surface area is 307 Å². The molecule has 0 aliphatic carbocycles. The predicted molar refractivity (Wildman–Crippen MR) is 219 cm³/mol. The maximum Gasteiger partial charge on any atom is 0.0345 e. The zero-order valence-corrected chi connectivity index (χ0v) is 34.9. The minimum atomic E-state index is 0.684. The molecule has 0 atom stereocenters. The molecule has 3 saturated heterocycles. The lowest BCUT2D eigenvalue weighted by molar-refractivity contribution is 0.150. The van der Waals surface area contributed by atoms with Gasteiger partial charge in [-0.1, -0.05) is 41.5 Å². The third-order valence-corrected chi connectivity index (χ3v) is 9.18. The van der Waals surface area contributed by atoms with Gasteiger partial charge in [-0.2, -0.15) is 0 Å². The summed E-state index contributed by atoms with van der Waals surface area (Å²) in [5.41, 5.74) is 5.51. The summed E-state index contributed by atoms with van der Waals surface area (Å²) in [6, 6.07) is 3.04. The zero-order chi connectivity index (χ0) is 37.1. The molecule has 0 saturated carbocycles. The minimum absolute atomic E-state index is 0.684. The number of hydrogen-bond donors (Lipinski definition) is 7. The zero-order valence-electron chi connectivity index (χ0n) is 34.9. The molecule has 0 unspecified atom stereocenters. The summed E-state index contributed by atoms with van der Waals surface area (Å²) in [4.78, 5) is 9.86. The number of rotatable bonds is 23. The van der Waals surface area contributed by atoms with Crippen molar-refractivity contribution in [1.29, 1.82) is 0 Å². The lowest BCUT2D eigenvalue weighted by atomic mass is 10.1. The van der Waals surface area contributed by atoms with E-state index >= 15 is 0 Å². The second-order valence-corrected chi connectivity index (χ2v) is 14.0. The van der Waals surface area contributed by atoms with Gasteiger partial charge in [-0.05, 0) is 106 Å². The summed E-state index contributed by atoms with van der Waals surface area (Å²) < 4.78 is 0. The molecule has 0 amide bonds. The molecular formula is C38H91N11. The summed E-state index contributed by atoms with van der Waals surface area (Å²) in [6.45, 7) is 38.5. The lowest BCUT2D eigenvalue weighted by Crippen LogP contribution is -2.58. The molecule has 3 aliphatic heterocycles. The quantitative estimate of drug-likeness (QED) is 0.0852. The van der Waals surface area contributed by atoms with E-state index in [9.17, 15) is 0 Å². The molecule has 8 N–H and O–H groups in total.